The molecule has 5 aromatic carbocycles. The van der Waals surface area contributed by atoms with Crippen molar-refractivity contribution in [3.8, 4) is 33.4 Å². The molecule has 6 atom stereocenters. The molecule has 11 rings (SSSR count). The van der Waals surface area contributed by atoms with Gasteiger partial charge in [-0.15, -0.1) is 0 Å². The van der Waals surface area contributed by atoms with Crippen molar-refractivity contribution in [2.75, 3.05) is 5.32 Å². The third-order valence-electron chi connectivity index (χ3n) is 14.0. The quantitative estimate of drug-likeness (QED) is 0.223. The first-order valence-corrected chi connectivity index (χ1v) is 17.3. The number of hydrogen-bond donors (Lipinski definition) is 1. The molecule has 3 bridgehead atoms. The highest BCUT2D eigenvalue weighted by atomic mass is 14.9. The molecule has 220 valence electrons. The van der Waals surface area contributed by atoms with Gasteiger partial charge < -0.3 is 5.32 Å². The molecule has 45 heavy (non-hydrogen) atoms. The highest BCUT2D eigenvalue weighted by Crippen LogP contribution is 2.83. The van der Waals surface area contributed by atoms with Gasteiger partial charge in [-0.3, -0.25) is 0 Å². The molecule has 0 amide bonds. The standard InChI is InChI=1S/C44H39N/c1-42(2)39-21-28(12-15-34(39)35-16-14-32(23-40(35)42)45-31-8-4-3-5-9-31)27-13-17-38-36(20-27)33-10-6-7-11-37(33)44(38)30-19-26-18-29-22-41(44)43(29,24-26)25-30/h3-17,20-21,23,26,29-30,41,45H,18-19,22,24-25H2,1-2H3. The minimum Gasteiger partial charge on any atom is -0.356 e. The lowest BCUT2D eigenvalue weighted by atomic mass is 9.49. The van der Waals surface area contributed by atoms with Gasteiger partial charge in [0.25, 0.3) is 0 Å². The molecule has 1 heteroatoms. The zero-order valence-corrected chi connectivity index (χ0v) is 26.2. The highest BCUT2D eigenvalue weighted by Gasteiger charge is 2.76. The van der Waals surface area contributed by atoms with E-state index in [1.54, 1.807) is 11.1 Å². The summed E-state index contributed by atoms with van der Waals surface area (Å²) in [5.74, 6) is 3.66. The van der Waals surface area contributed by atoms with Gasteiger partial charge >= 0.3 is 0 Å². The van der Waals surface area contributed by atoms with Crippen molar-refractivity contribution in [3.05, 3.63) is 131 Å². The molecule has 2 spiro atoms. The summed E-state index contributed by atoms with van der Waals surface area (Å²) in [6.07, 6.45) is 7.45. The Hall–Kier alpha value is -4.10. The second-order valence-electron chi connectivity index (χ2n) is 16.0. The molecule has 6 aliphatic rings. The molecule has 0 heterocycles. The summed E-state index contributed by atoms with van der Waals surface area (Å²) in [5.41, 5.74) is 17.8. The average molecular weight is 582 g/mol. The van der Waals surface area contributed by atoms with Crippen molar-refractivity contribution in [2.45, 2.75) is 56.8 Å². The van der Waals surface area contributed by atoms with E-state index in [0.717, 1.165) is 35.0 Å². The molecule has 5 aromatic rings. The molecule has 6 aliphatic carbocycles. The van der Waals surface area contributed by atoms with Gasteiger partial charge in [0.05, 0.1) is 0 Å². The van der Waals surface area contributed by atoms with E-state index in [1.807, 2.05) is 0 Å². The summed E-state index contributed by atoms with van der Waals surface area (Å²) in [6.45, 7) is 4.79. The van der Waals surface area contributed by atoms with E-state index in [9.17, 15) is 0 Å². The van der Waals surface area contributed by atoms with Crippen LogP contribution in [-0.4, -0.2) is 0 Å². The van der Waals surface area contributed by atoms with Crippen LogP contribution in [-0.2, 0) is 10.8 Å². The van der Waals surface area contributed by atoms with Gasteiger partial charge in [-0.25, -0.2) is 0 Å². The molecule has 0 aliphatic heterocycles. The smallest absolute Gasteiger partial charge is 0.0387 e. The van der Waals surface area contributed by atoms with Gasteiger partial charge in [0.15, 0.2) is 0 Å². The first-order chi connectivity index (χ1) is 22.0. The van der Waals surface area contributed by atoms with Gasteiger partial charge in [0, 0.05) is 22.2 Å². The SMILES string of the molecule is CC1(C)c2cc(Nc3ccccc3)ccc2-c2ccc(-c3ccc4c(c3)-c3ccccc3C43C4CC5CC6CC3C6(C5)C4)cc21. The maximum Gasteiger partial charge on any atom is 0.0387 e. The van der Waals surface area contributed by atoms with E-state index >= 15 is 0 Å². The van der Waals surface area contributed by atoms with E-state index in [0.29, 0.717) is 5.41 Å². The van der Waals surface area contributed by atoms with Crippen LogP contribution in [0.2, 0.25) is 0 Å². The van der Waals surface area contributed by atoms with Crippen LogP contribution < -0.4 is 5.32 Å². The third-order valence-corrected chi connectivity index (χ3v) is 14.0. The second kappa shape index (κ2) is 8.18. The Morgan fingerprint density at radius 2 is 1.22 bits per heavy atom. The lowest BCUT2D eigenvalue weighted by Crippen LogP contribution is -2.50. The fraction of sp³-hybridized carbons (Fsp3) is 0.318. The first-order valence-electron chi connectivity index (χ1n) is 17.3. The number of para-hydroxylation sites is 1. The summed E-state index contributed by atoms with van der Waals surface area (Å²) in [5, 5.41) is 3.62. The van der Waals surface area contributed by atoms with Gasteiger partial charge in [0.2, 0.25) is 0 Å². The zero-order valence-electron chi connectivity index (χ0n) is 26.2. The second-order valence-corrected chi connectivity index (χ2v) is 16.0. The largest absolute Gasteiger partial charge is 0.356 e. The summed E-state index contributed by atoms with van der Waals surface area (Å²) in [4.78, 5) is 0. The van der Waals surface area contributed by atoms with Crippen molar-refractivity contribution in [1.82, 2.24) is 0 Å². The van der Waals surface area contributed by atoms with Crippen LogP contribution in [0.25, 0.3) is 33.4 Å². The monoisotopic (exact) mass is 581 g/mol. The van der Waals surface area contributed by atoms with Crippen LogP contribution >= 0.6 is 0 Å². The zero-order chi connectivity index (χ0) is 29.7. The van der Waals surface area contributed by atoms with Crippen LogP contribution in [0.4, 0.5) is 11.4 Å². The van der Waals surface area contributed by atoms with Gasteiger partial charge in [-0.05, 0) is 153 Å². The Labute approximate surface area is 266 Å². The number of nitrogens with one attached hydrogen (secondary N) is 1. The normalized spacial score (nSPS) is 31.2. The van der Waals surface area contributed by atoms with Crippen LogP contribution in [0, 0.1) is 29.1 Å². The van der Waals surface area contributed by atoms with Gasteiger partial charge in [-0.1, -0.05) is 86.6 Å². The average Bonchev–Trinajstić information content (AvgIpc) is 3.61. The van der Waals surface area contributed by atoms with Crippen molar-refractivity contribution in [2.24, 2.45) is 29.1 Å². The Morgan fingerprint density at radius 1 is 0.533 bits per heavy atom. The highest BCUT2D eigenvalue weighted by molar-refractivity contribution is 5.88. The van der Waals surface area contributed by atoms with E-state index < -0.39 is 0 Å². The molecule has 6 unspecified atom stereocenters. The van der Waals surface area contributed by atoms with Crippen LogP contribution in [0.5, 0.6) is 0 Å². The molecule has 4 fully saturated rings. The molecule has 1 N–H and O–H groups in total. The molecular formula is C44H39N. The molecule has 0 aromatic heterocycles. The predicted octanol–water partition coefficient (Wildman–Crippen LogP) is 11.1. The van der Waals surface area contributed by atoms with Crippen molar-refractivity contribution in [1.29, 1.82) is 0 Å². The van der Waals surface area contributed by atoms with Crippen LogP contribution in [0.15, 0.2) is 109 Å². The molecule has 0 radical (unpaired) electrons. The Morgan fingerprint density at radius 3 is 2.11 bits per heavy atom. The number of hydrogen-bond acceptors (Lipinski definition) is 1. The maximum absolute atomic E-state index is 3.62. The topological polar surface area (TPSA) is 12.0 Å². The Balaban J connectivity index is 1.00. The van der Waals surface area contributed by atoms with Crippen molar-refractivity contribution >= 4 is 11.4 Å². The minimum atomic E-state index is -0.0663. The van der Waals surface area contributed by atoms with E-state index in [4.69, 9.17) is 0 Å². The van der Waals surface area contributed by atoms with E-state index in [2.05, 4.69) is 128 Å². The molecule has 0 saturated heterocycles. The predicted molar refractivity (Wildman–Crippen MR) is 185 cm³/mol. The van der Waals surface area contributed by atoms with E-state index in [1.165, 1.54) is 76.6 Å². The minimum absolute atomic E-state index is 0.0663. The summed E-state index contributed by atoms with van der Waals surface area (Å²) >= 11 is 0. The number of benzene rings is 5. The lowest BCUT2D eigenvalue weighted by molar-refractivity contribution is -0.0193. The molecule has 1 nitrogen and oxygen atoms in total. The summed E-state index contributed by atoms with van der Waals surface area (Å²) in [6, 6.07) is 41.8. The lowest BCUT2D eigenvalue weighted by Gasteiger charge is -2.54. The number of fused-ring (bicyclic) bond motifs is 12. The number of rotatable bonds is 3. The Kier molecular flexibility index (Phi) is 4.57. The number of anilines is 2. The van der Waals surface area contributed by atoms with Crippen molar-refractivity contribution in [3.63, 3.8) is 0 Å². The molecular weight excluding hydrogens is 542 g/mol. The molecule has 4 saturated carbocycles. The van der Waals surface area contributed by atoms with Crippen molar-refractivity contribution < 1.29 is 0 Å². The Bertz CT molecular complexity index is 2090. The fourth-order valence-corrected chi connectivity index (χ4v) is 12.4. The fourth-order valence-electron chi connectivity index (χ4n) is 12.4. The maximum atomic E-state index is 3.62. The third kappa shape index (κ3) is 2.93. The van der Waals surface area contributed by atoms with Gasteiger partial charge in [-0.2, -0.15) is 0 Å². The van der Waals surface area contributed by atoms with Gasteiger partial charge in [0.1, 0.15) is 0 Å². The van der Waals surface area contributed by atoms with Crippen LogP contribution in [0.3, 0.4) is 0 Å². The summed E-state index contributed by atoms with van der Waals surface area (Å²) < 4.78 is 0. The first kappa shape index (κ1) is 25.1. The van der Waals surface area contributed by atoms with E-state index in [-0.39, 0.29) is 10.8 Å². The van der Waals surface area contributed by atoms with Crippen LogP contribution in [0.1, 0.15) is 68.2 Å². The summed E-state index contributed by atoms with van der Waals surface area (Å²) in [7, 11) is 0.